The number of thiophene rings is 1. The fourth-order valence-electron chi connectivity index (χ4n) is 3.64. The number of aromatic hydroxyl groups is 1. The van der Waals surface area contributed by atoms with Gasteiger partial charge in [-0.3, -0.25) is 4.79 Å². The molecule has 4 rings (SSSR count). The van der Waals surface area contributed by atoms with Crippen molar-refractivity contribution in [1.29, 1.82) is 0 Å². The molecule has 0 radical (unpaired) electrons. The second-order valence-corrected chi connectivity index (χ2v) is 7.20. The van der Waals surface area contributed by atoms with Gasteiger partial charge in [-0.25, -0.2) is 0 Å². The molecule has 0 saturated carbocycles. The molecule has 4 nitrogen and oxygen atoms in total. The van der Waals surface area contributed by atoms with Crippen LogP contribution in [0.25, 0.3) is 0 Å². The number of aryl methyl sites for hydroxylation is 1. The lowest BCUT2D eigenvalue weighted by Crippen LogP contribution is -2.44. The molecule has 2 aliphatic rings. The number of amides is 1. The monoisotopic (exact) mass is 315 g/mol. The molecular formula is C17H17NO3S. The number of carbonyl (C=O) groups is 1. The number of hydrogen-bond acceptors (Lipinski definition) is 4. The zero-order chi connectivity index (χ0) is 15.4. The Balaban J connectivity index is 1.86. The van der Waals surface area contributed by atoms with Crippen LogP contribution in [0.3, 0.4) is 0 Å². The Morgan fingerprint density at radius 1 is 1.41 bits per heavy atom. The number of phenolic OH excluding ortho intramolecular Hbond substituents is 1. The van der Waals surface area contributed by atoms with Gasteiger partial charge in [-0.15, -0.1) is 11.3 Å². The predicted octanol–water partition coefficient (Wildman–Crippen LogP) is 3.07. The number of benzene rings is 1. The van der Waals surface area contributed by atoms with Crippen LogP contribution in [-0.4, -0.2) is 29.6 Å². The molecule has 1 unspecified atom stereocenters. The van der Waals surface area contributed by atoms with Gasteiger partial charge in [0.15, 0.2) is 11.5 Å². The Bertz CT molecular complexity index is 780. The summed E-state index contributed by atoms with van der Waals surface area (Å²) in [4.78, 5) is 17.6. The number of fused-ring (bicyclic) bond motifs is 4. The maximum atomic E-state index is 12.9. The lowest BCUT2D eigenvalue weighted by atomic mass is 9.86. The Hall–Kier alpha value is -2.01. The van der Waals surface area contributed by atoms with Crippen LogP contribution < -0.4 is 4.74 Å². The Kier molecular flexibility index (Phi) is 2.94. The summed E-state index contributed by atoms with van der Waals surface area (Å²) >= 11 is 1.84. The molecule has 1 atom stereocenters. The fraction of sp³-hybridized carbons (Fsp3) is 0.353. The van der Waals surface area contributed by atoms with E-state index in [1.165, 1.54) is 22.4 Å². The molecule has 5 heteroatoms. The highest BCUT2D eigenvalue weighted by Crippen LogP contribution is 2.44. The van der Waals surface area contributed by atoms with Crippen molar-refractivity contribution in [2.45, 2.75) is 25.8 Å². The first-order chi connectivity index (χ1) is 10.6. The molecule has 22 heavy (non-hydrogen) atoms. The maximum absolute atomic E-state index is 12.9. The number of rotatable bonds is 1. The zero-order valence-electron chi connectivity index (χ0n) is 12.5. The summed E-state index contributed by atoms with van der Waals surface area (Å²) in [6, 6.07) is 5.79. The first-order valence-electron chi connectivity index (χ1n) is 7.39. The van der Waals surface area contributed by atoms with E-state index in [1.54, 1.807) is 6.07 Å². The second-order valence-electron chi connectivity index (χ2n) is 5.86. The van der Waals surface area contributed by atoms with Crippen LogP contribution in [0.5, 0.6) is 11.5 Å². The molecule has 0 saturated heterocycles. The molecule has 1 N–H and O–H groups in total. The molecule has 0 aliphatic carbocycles. The van der Waals surface area contributed by atoms with Gasteiger partial charge in [0.2, 0.25) is 0 Å². The van der Waals surface area contributed by atoms with E-state index in [0.29, 0.717) is 11.3 Å². The van der Waals surface area contributed by atoms with Crippen molar-refractivity contribution in [2.75, 3.05) is 13.7 Å². The van der Waals surface area contributed by atoms with Crippen molar-refractivity contribution >= 4 is 17.2 Å². The van der Waals surface area contributed by atoms with Gasteiger partial charge < -0.3 is 14.7 Å². The molecule has 1 aromatic carbocycles. The third-order valence-electron chi connectivity index (χ3n) is 4.60. The number of nitrogens with zero attached hydrogens (tertiary/aromatic N) is 1. The van der Waals surface area contributed by atoms with Gasteiger partial charge in [0.1, 0.15) is 0 Å². The highest BCUT2D eigenvalue weighted by molar-refractivity contribution is 7.12. The van der Waals surface area contributed by atoms with Crippen LogP contribution in [0.2, 0.25) is 0 Å². The summed E-state index contributed by atoms with van der Waals surface area (Å²) in [5, 5.41) is 9.95. The Labute approximate surface area is 133 Å². The zero-order valence-corrected chi connectivity index (χ0v) is 13.4. The number of hydrogen-bond donors (Lipinski definition) is 1. The maximum Gasteiger partial charge on any atom is 0.258 e. The standard InChI is InChI=1S/C17H17NO3S/c1-9-7-11-12-8-10-3-4-13(19)16(21-2)15(10)17(20)18(12)6-5-14(11)22-9/h3-4,7,12,19H,5-6,8H2,1-2H3. The highest BCUT2D eigenvalue weighted by atomic mass is 32.1. The SMILES string of the molecule is COc1c(O)ccc2c1C(=O)N1CCc3sc(C)cc3C1C2. The topological polar surface area (TPSA) is 49.8 Å². The fourth-order valence-corrected chi connectivity index (χ4v) is 4.72. The number of phenols is 1. The van der Waals surface area contributed by atoms with Gasteiger partial charge >= 0.3 is 0 Å². The summed E-state index contributed by atoms with van der Waals surface area (Å²) < 4.78 is 5.27. The molecule has 0 fully saturated rings. The van der Waals surface area contributed by atoms with E-state index in [1.807, 2.05) is 22.3 Å². The third kappa shape index (κ3) is 1.78. The smallest absolute Gasteiger partial charge is 0.258 e. The van der Waals surface area contributed by atoms with Crippen LogP contribution in [0.15, 0.2) is 18.2 Å². The molecule has 3 heterocycles. The van der Waals surface area contributed by atoms with E-state index in [9.17, 15) is 9.90 Å². The number of ether oxygens (including phenoxy) is 1. The minimum atomic E-state index is -0.0338. The van der Waals surface area contributed by atoms with Crippen molar-refractivity contribution in [2.24, 2.45) is 0 Å². The molecule has 2 aromatic rings. The van der Waals surface area contributed by atoms with Crippen molar-refractivity contribution in [3.63, 3.8) is 0 Å². The van der Waals surface area contributed by atoms with Gasteiger partial charge in [0.25, 0.3) is 5.91 Å². The average molecular weight is 315 g/mol. The quantitative estimate of drug-likeness (QED) is 0.880. The van der Waals surface area contributed by atoms with E-state index < -0.39 is 0 Å². The van der Waals surface area contributed by atoms with Crippen molar-refractivity contribution in [1.82, 2.24) is 4.90 Å². The van der Waals surface area contributed by atoms with Gasteiger partial charge in [0, 0.05) is 16.3 Å². The Morgan fingerprint density at radius 2 is 2.23 bits per heavy atom. The summed E-state index contributed by atoms with van der Waals surface area (Å²) in [7, 11) is 1.49. The van der Waals surface area contributed by atoms with E-state index in [4.69, 9.17) is 4.74 Å². The normalized spacial score (nSPS) is 19.5. The first kappa shape index (κ1) is 13.6. The van der Waals surface area contributed by atoms with Gasteiger partial charge in [-0.2, -0.15) is 0 Å². The van der Waals surface area contributed by atoms with Gasteiger partial charge in [-0.1, -0.05) is 6.07 Å². The molecule has 1 aromatic heterocycles. The van der Waals surface area contributed by atoms with Crippen LogP contribution >= 0.6 is 11.3 Å². The molecule has 0 bridgehead atoms. The lowest BCUT2D eigenvalue weighted by molar-refractivity contribution is 0.0628. The Morgan fingerprint density at radius 3 is 3.00 bits per heavy atom. The molecule has 1 amide bonds. The van der Waals surface area contributed by atoms with Crippen LogP contribution in [-0.2, 0) is 12.8 Å². The van der Waals surface area contributed by atoms with E-state index in [-0.39, 0.29) is 17.7 Å². The van der Waals surface area contributed by atoms with Crippen LogP contribution in [0.4, 0.5) is 0 Å². The number of methoxy groups -OCH3 is 1. The summed E-state index contributed by atoms with van der Waals surface area (Å²) in [6.45, 7) is 2.85. The largest absolute Gasteiger partial charge is 0.504 e. The van der Waals surface area contributed by atoms with E-state index in [2.05, 4.69) is 13.0 Å². The van der Waals surface area contributed by atoms with Gasteiger partial charge in [0.05, 0.1) is 18.7 Å². The van der Waals surface area contributed by atoms with Crippen molar-refractivity contribution < 1.29 is 14.6 Å². The lowest BCUT2D eigenvalue weighted by Gasteiger charge is -2.40. The van der Waals surface area contributed by atoms with Crippen molar-refractivity contribution in [3.05, 3.63) is 44.6 Å². The van der Waals surface area contributed by atoms with Crippen LogP contribution in [0, 0.1) is 6.92 Å². The molecule has 2 aliphatic heterocycles. The third-order valence-corrected chi connectivity index (χ3v) is 5.72. The van der Waals surface area contributed by atoms with Crippen molar-refractivity contribution in [3.8, 4) is 11.5 Å². The molecular weight excluding hydrogens is 298 g/mol. The van der Waals surface area contributed by atoms with E-state index >= 15 is 0 Å². The first-order valence-corrected chi connectivity index (χ1v) is 8.20. The molecule has 114 valence electrons. The average Bonchev–Trinajstić information content (AvgIpc) is 2.88. The summed E-state index contributed by atoms with van der Waals surface area (Å²) in [5.74, 6) is 0.291. The van der Waals surface area contributed by atoms with Crippen LogP contribution in [0.1, 0.15) is 37.3 Å². The highest BCUT2D eigenvalue weighted by Gasteiger charge is 2.39. The minimum Gasteiger partial charge on any atom is -0.504 e. The summed E-state index contributed by atoms with van der Waals surface area (Å²) in [5.41, 5.74) is 2.77. The van der Waals surface area contributed by atoms with Gasteiger partial charge in [-0.05, 0) is 43.0 Å². The predicted molar refractivity (Wildman–Crippen MR) is 84.9 cm³/mol. The molecule has 0 spiro atoms. The summed E-state index contributed by atoms with van der Waals surface area (Å²) in [6.07, 6.45) is 1.69. The number of carbonyl (C=O) groups excluding carboxylic acids is 1. The second kappa shape index (κ2) is 4.74. The van der Waals surface area contributed by atoms with E-state index in [0.717, 1.165) is 24.9 Å². The minimum absolute atomic E-state index is 0.0251.